The van der Waals surface area contributed by atoms with Gasteiger partial charge in [0.15, 0.2) is 0 Å². The molecular formula is C16H16FNO. The Labute approximate surface area is 112 Å². The van der Waals surface area contributed by atoms with Crippen LogP contribution in [0.4, 0.5) is 10.1 Å². The van der Waals surface area contributed by atoms with Gasteiger partial charge >= 0.3 is 0 Å². The second-order valence-corrected chi connectivity index (χ2v) is 4.72. The zero-order valence-electron chi connectivity index (χ0n) is 11.3. The van der Waals surface area contributed by atoms with Crippen molar-refractivity contribution >= 4 is 11.6 Å². The van der Waals surface area contributed by atoms with E-state index in [0.29, 0.717) is 11.3 Å². The first-order valence-electron chi connectivity index (χ1n) is 6.12. The third-order valence-electron chi connectivity index (χ3n) is 3.17. The molecule has 19 heavy (non-hydrogen) atoms. The van der Waals surface area contributed by atoms with Gasteiger partial charge in [0.1, 0.15) is 5.82 Å². The van der Waals surface area contributed by atoms with E-state index in [1.165, 1.54) is 12.1 Å². The molecule has 3 heteroatoms. The van der Waals surface area contributed by atoms with Gasteiger partial charge in [-0.2, -0.15) is 0 Å². The first-order valence-corrected chi connectivity index (χ1v) is 6.12. The van der Waals surface area contributed by atoms with Gasteiger partial charge in [-0.1, -0.05) is 12.1 Å². The van der Waals surface area contributed by atoms with Crippen LogP contribution in [0.3, 0.4) is 0 Å². The number of carbonyl (C=O) groups excluding carboxylic acids is 1. The number of amides is 1. The van der Waals surface area contributed by atoms with Gasteiger partial charge in [0.2, 0.25) is 0 Å². The standard InChI is InChI=1S/C16H16FNO/c1-10-7-12(3)15(8-11(10)2)16(19)18-14-6-4-5-13(17)9-14/h4-9H,1-3H3,(H,18,19). The quantitative estimate of drug-likeness (QED) is 0.865. The largest absolute Gasteiger partial charge is 0.322 e. The molecule has 1 amide bonds. The van der Waals surface area contributed by atoms with Crippen LogP contribution < -0.4 is 5.32 Å². The van der Waals surface area contributed by atoms with Crippen LogP contribution in [0, 0.1) is 26.6 Å². The van der Waals surface area contributed by atoms with E-state index >= 15 is 0 Å². The molecule has 0 fully saturated rings. The molecule has 0 heterocycles. The number of nitrogens with one attached hydrogen (secondary N) is 1. The summed E-state index contributed by atoms with van der Waals surface area (Å²) >= 11 is 0. The molecule has 0 saturated carbocycles. The summed E-state index contributed by atoms with van der Waals surface area (Å²) < 4.78 is 13.1. The van der Waals surface area contributed by atoms with E-state index in [1.807, 2.05) is 32.9 Å². The molecular weight excluding hydrogens is 241 g/mol. The van der Waals surface area contributed by atoms with E-state index in [2.05, 4.69) is 5.32 Å². The van der Waals surface area contributed by atoms with Gasteiger partial charge in [-0.25, -0.2) is 4.39 Å². The molecule has 0 spiro atoms. The Bertz CT molecular complexity index is 635. The van der Waals surface area contributed by atoms with Crippen molar-refractivity contribution in [1.29, 1.82) is 0 Å². The fourth-order valence-corrected chi connectivity index (χ4v) is 1.97. The molecule has 0 bridgehead atoms. The van der Waals surface area contributed by atoms with E-state index < -0.39 is 0 Å². The van der Waals surface area contributed by atoms with Gasteiger partial charge < -0.3 is 5.32 Å². The topological polar surface area (TPSA) is 29.1 Å². The zero-order valence-corrected chi connectivity index (χ0v) is 11.3. The summed E-state index contributed by atoms with van der Waals surface area (Å²) in [4.78, 5) is 12.2. The Balaban J connectivity index is 2.28. The average Bonchev–Trinajstić information content (AvgIpc) is 2.33. The lowest BCUT2D eigenvalue weighted by Crippen LogP contribution is -2.14. The number of hydrogen-bond donors (Lipinski definition) is 1. The summed E-state index contributed by atoms with van der Waals surface area (Å²) in [6.07, 6.45) is 0. The maximum absolute atomic E-state index is 13.1. The van der Waals surface area contributed by atoms with Crippen LogP contribution in [0.5, 0.6) is 0 Å². The van der Waals surface area contributed by atoms with E-state index in [0.717, 1.165) is 16.7 Å². The third kappa shape index (κ3) is 2.99. The highest BCUT2D eigenvalue weighted by molar-refractivity contribution is 6.05. The predicted octanol–water partition coefficient (Wildman–Crippen LogP) is 4.00. The first kappa shape index (κ1) is 13.3. The fraction of sp³-hybridized carbons (Fsp3) is 0.188. The van der Waals surface area contributed by atoms with Crippen molar-refractivity contribution in [1.82, 2.24) is 0 Å². The van der Waals surface area contributed by atoms with Crippen molar-refractivity contribution in [2.75, 3.05) is 5.32 Å². The van der Waals surface area contributed by atoms with Crippen molar-refractivity contribution < 1.29 is 9.18 Å². The van der Waals surface area contributed by atoms with Crippen molar-refractivity contribution in [2.45, 2.75) is 20.8 Å². The van der Waals surface area contributed by atoms with Gasteiger partial charge in [-0.15, -0.1) is 0 Å². The molecule has 0 atom stereocenters. The number of aryl methyl sites for hydroxylation is 3. The Morgan fingerprint density at radius 1 is 1.00 bits per heavy atom. The monoisotopic (exact) mass is 257 g/mol. The predicted molar refractivity (Wildman–Crippen MR) is 75.0 cm³/mol. The molecule has 2 aromatic rings. The van der Waals surface area contributed by atoms with Crippen LogP contribution in [0.2, 0.25) is 0 Å². The first-order chi connectivity index (χ1) is 8.97. The van der Waals surface area contributed by atoms with Crippen LogP contribution in [0.1, 0.15) is 27.0 Å². The summed E-state index contributed by atoms with van der Waals surface area (Å²) in [5.41, 5.74) is 4.21. The highest BCUT2D eigenvalue weighted by Crippen LogP contribution is 2.17. The van der Waals surface area contributed by atoms with Crippen LogP contribution in [0.15, 0.2) is 36.4 Å². The third-order valence-corrected chi connectivity index (χ3v) is 3.17. The van der Waals surface area contributed by atoms with Crippen molar-refractivity contribution in [3.05, 3.63) is 64.5 Å². The molecule has 2 nitrogen and oxygen atoms in total. The van der Waals surface area contributed by atoms with E-state index in [1.54, 1.807) is 12.1 Å². The molecule has 2 aromatic carbocycles. The number of anilines is 1. The molecule has 0 unspecified atom stereocenters. The summed E-state index contributed by atoms with van der Waals surface area (Å²) in [6.45, 7) is 5.87. The van der Waals surface area contributed by atoms with Gasteiger partial charge in [0, 0.05) is 11.3 Å². The van der Waals surface area contributed by atoms with Crippen LogP contribution in [0.25, 0.3) is 0 Å². The smallest absolute Gasteiger partial charge is 0.255 e. The molecule has 1 N–H and O–H groups in total. The molecule has 0 aliphatic heterocycles. The van der Waals surface area contributed by atoms with E-state index in [4.69, 9.17) is 0 Å². The number of carbonyl (C=O) groups is 1. The summed E-state index contributed by atoms with van der Waals surface area (Å²) in [6, 6.07) is 9.72. The number of hydrogen-bond acceptors (Lipinski definition) is 1. The Morgan fingerprint density at radius 2 is 1.68 bits per heavy atom. The van der Waals surface area contributed by atoms with Crippen LogP contribution >= 0.6 is 0 Å². The molecule has 0 aliphatic carbocycles. The van der Waals surface area contributed by atoms with Crippen molar-refractivity contribution in [2.24, 2.45) is 0 Å². The lowest BCUT2D eigenvalue weighted by Gasteiger charge is -2.10. The maximum Gasteiger partial charge on any atom is 0.255 e. The minimum Gasteiger partial charge on any atom is -0.322 e. The zero-order chi connectivity index (χ0) is 14.0. The molecule has 0 aromatic heterocycles. The lowest BCUT2D eigenvalue weighted by atomic mass is 10.0. The SMILES string of the molecule is Cc1cc(C)c(C(=O)Nc2cccc(F)c2)cc1C. The van der Waals surface area contributed by atoms with Gasteiger partial charge in [0.25, 0.3) is 5.91 Å². The number of halogens is 1. The van der Waals surface area contributed by atoms with Crippen molar-refractivity contribution in [3.8, 4) is 0 Å². The van der Waals surface area contributed by atoms with Gasteiger partial charge in [0.05, 0.1) is 0 Å². The molecule has 2 rings (SSSR count). The van der Waals surface area contributed by atoms with Crippen LogP contribution in [-0.2, 0) is 0 Å². The minimum atomic E-state index is -0.366. The van der Waals surface area contributed by atoms with E-state index in [9.17, 15) is 9.18 Å². The van der Waals surface area contributed by atoms with Crippen LogP contribution in [-0.4, -0.2) is 5.91 Å². The molecule has 0 radical (unpaired) electrons. The fourth-order valence-electron chi connectivity index (χ4n) is 1.97. The highest BCUT2D eigenvalue weighted by atomic mass is 19.1. The number of rotatable bonds is 2. The average molecular weight is 257 g/mol. The summed E-state index contributed by atoms with van der Waals surface area (Å²) in [5, 5.41) is 2.71. The Hall–Kier alpha value is -2.16. The van der Waals surface area contributed by atoms with Crippen molar-refractivity contribution in [3.63, 3.8) is 0 Å². The normalized spacial score (nSPS) is 10.3. The van der Waals surface area contributed by atoms with Gasteiger partial charge in [-0.05, 0) is 61.7 Å². The number of benzene rings is 2. The second kappa shape index (κ2) is 5.22. The Kier molecular flexibility index (Phi) is 3.65. The molecule has 0 aliphatic rings. The summed E-state index contributed by atoms with van der Waals surface area (Å²) in [7, 11) is 0. The molecule has 98 valence electrons. The van der Waals surface area contributed by atoms with E-state index in [-0.39, 0.29) is 11.7 Å². The Morgan fingerprint density at radius 3 is 2.37 bits per heavy atom. The maximum atomic E-state index is 13.1. The second-order valence-electron chi connectivity index (χ2n) is 4.72. The van der Waals surface area contributed by atoms with Gasteiger partial charge in [-0.3, -0.25) is 4.79 Å². The summed E-state index contributed by atoms with van der Waals surface area (Å²) in [5.74, 6) is -0.583. The molecule has 0 saturated heterocycles. The lowest BCUT2D eigenvalue weighted by molar-refractivity contribution is 0.102. The highest BCUT2D eigenvalue weighted by Gasteiger charge is 2.11. The minimum absolute atomic E-state index is 0.216.